The van der Waals surface area contributed by atoms with Crippen LogP contribution in [0.15, 0.2) is 22.7 Å². The molecule has 0 saturated carbocycles. The van der Waals surface area contributed by atoms with Crippen molar-refractivity contribution in [2.45, 2.75) is 38.6 Å². The zero-order valence-electron chi connectivity index (χ0n) is 11.2. The summed E-state index contributed by atoms with van der Waals surface area (Å²) in [7, 11) is 0. The first-order valence-corrected chi connectivity index (χ1v) is 7.47. The molecule has 0 fully saturated rings. The monoisotopic (exact) mass is 311 g/mol. The zero-order chi connectivity index (χ0) is 13.2. The van der Waals surface area contributed by atoms with Crippen LogP contribution in [0.1, 0.15) is 31.4 Å². The van der Waals surface area contributed by atoms with Crippen LogP contribution in [-0.2, 0) is 12.8 Å². The van der Waals surface area contributed by atoms with Gasteiger partial charge in [-0.05, 0) is 55.0 Å². The second-order valence-corrected chi connectivity index (χ2v) is 6.72. The van der Waals surface area contributed by atoms with Crippen LogP contribution >= 0.6 is 15.9 Å². The lowest BCUT2D eigenvalue weighted by molar-refractivity contribution is 0.141. The van der Waals surface area contributed by atoms with E-state index in [1.807, 2.05) is 0 Å². The number of aliphatic hydroxyl groups excluding tert-OH is 1. The van der Waals surface area contributed by atoms with E-state index in [4.69, 9.17) is 0 Å². The lowest BCUT2D eigenvalue weighted by atomic mass is 9.78. The molecule has 1 aliphatic carbocycles. The molecule has 0 radical (unpaired) electrons. The molecule has 0 spiro atoms. The minimum atomic E-state index is -0.120. The fourth-order valence-electron chi connectivity index (χ4n) is 2.59. The third-order valence-electron chi connectivity index (χ3n) is 3.76. The van der Waals surface area contributed by atoms with Gasteiger partial charge in [0, 0.05) is 10.0 Å². The molecule has 2 N–H and O–H groups in total. The highest BCUT2D eigenvalue weighted by atomic mass is 79.9. The zero-order valence-corrected chi connectivity index (χ0v) is 12.8. The first-order valence-electron chi connectivity index (χ1n) is 6.68. The Morgan fingerprint density at radius 2 is 2.17 bits per heavy atom. The molecule has 1 aliphatic rings. The summed E-state index contributed by atoms with van der Waals surface area (Å²) >= 11 is 3.52. The maximum absolute atomic E-state index is 9.76. The van der Waals surface area contributed by atoms with Crippen molar-refractivity contribution in [1.29, 1.82) is 0 Å². The van der Waals surface area contributed by atoms with E-state index in [1.165, 1.54) is 11.1 Å². The molecule has 0 aliphatic heterocycles. The molecular formula is C15H22BrNO. The molecule has 100 valence electrons. The largest absolute Gasteiger partial charge is 0.394 e. The number of nitrogens with one attached hydrogen (secondary N) is 1. The van der Waals surface area contributed by atoms with E-state index in [0.717, 1.165) is 30.3 Å². The smallest absolute Gasteiger partial charge is 0.0616 e. The van der Waals surface area contributed by atoms with Gasteiger partial charge in [0.15, 0.2) is 0 Å². The van der Waals surface area contributed by atoms with Gasteiger partial charge >= 0.3 is 0 Å². The minimum absolute atomic E-state index is 0.120. The van der Waals surface area contributed by atoms with Crippen molar-refractivity contribution in [3.63, 3.8) is 0 Å². The van der Waals surface area contributed by atoms with E-state index in [0.29, 0.717) is 5.92 Å². The molecule has 0 saturated heterocycles. The van der Waals surface area contributed by atoms with Crippen LogP contribution in [0.4, 0.5) is 0 Å². The minimum Gasteiger partial charge on any atom is -0.394 e. The Bertz CT molecular complexity index is 419. The number of fused-ring (bicyclic) bond motifs is 1. The SMILES string of the molecule is CC(C)CNC1(CO)CCc2cc(Br)ccc2C1. The summed E-state index contributed by atoms with van der Waals surface area (Å²) in [6.45, 7) is 5.58. The van der Waals surface area contributed by atoms with Gasteiger partial charge < -0.3 is 10.4 Å². The lowest BCUT2D eigenvalue weighted by Gasteiger charge is -2.38. The molecule has 0 aromatic heterocycles. The van der Waals surface area contributed by atoms with E-state index in [1.54, 1.807) is 0 Å². The third-order valence-corrected chi connectivity index (χ3v) is 4.25. The first-order chi connectivity index (χ1) is 8.54. The molecule has 0 bridgehead atoms. The van der Waals surface area contributed by atoms with Crippen LogP contribution in [0.5, 0.6) is 0 Å². The molecule has 3 heteroatoms. The highest BCUT2D eigenvalue weighted by Gasteiger charge is 2.33. The highest BCUT2D eigenvalue weighted by Crippen LogP contribution is 2.30. The summed E-state index contributed by atoms with van der Waals surface area (Å²) in [6, 6.07) is 6.48. The maximum Gasteiger partial charge on any atom is 0.0616 e. The summed E-state index contributed by atoms with van der Waals surface area (Å²) in [4.78, 5) is 0. The molecule has 0 heterocycles. The Balaban J connectivity index is 2.15. The number of rotatable bonds is 4. The molecule has 1 aromatic carbocycles. The lowest BCUT2D eigenvalue weighted by Crippen LogP contribution is -2.53. The quantitative estimate of drug-likeness (QED) is 0.896. The predicted octanol–water partition coefficient (Wildman–Crippen LogP) is 2.91. The van der Waals surface area contributed by atoms with Gasteiger partial charge in [0.2, 0.25) is 0 Å². The topological polar surface area (TPSA) is 32.3 Å². The number of halogens is 1. The van der Waals surface area contributed by atoms with Crippen molar-refractivity contribution in [2.24, 2.45) is 5.92 Å². The second-order valence-electron chi connectivity index (χ2n) is 5.80. The van der Waals surface area contributed by atoms with Crippen LogP contribution < -0.4 is 5.32 Å². The summed E-state index contributed by atoms with van der Waals surface area (Å²) in [5, 5.41) is 13.3. The first kappa shape index (κ1) is 14.0. The molecule has 2 rings (SSSR count). The van der Waals surface area contributed by atoms with Gasteiger partial charge in [-0.3, -0.25) is 0 Å². The van der Waals surface area contributed by atoms with Gasteiger partial charge in [0.1, 0.15) is 0 Å². The molecule has 1 unspecified atom stereocenters. The average molecular weight is 312 g/mol. The van der Waals surface area contributed by atoms with Gasteiger partial charge in [-0.25, -0.2) is 0 Å². The van der Waals surface area contributed by atoms with Crippen molar-refractivity contribution in [3.8, 4) is 0 Å². The Kier molecular flexibility index (Phi) is 4.46. The molecule has 18 heavy (non-hydrogen) atoms. The number of hydrogen-bond acceptors (Lipinski definition) is 2. The van der Waals surface area contributed by atoms with E-state index < -0.39 is 0 Å². The molecule has 0 amide bonds. The second kappa shape index (κ2) is 5.72. The Hall–Kier alpha value is -0.380. The average Bonchev–Trinajstić information content (AvgIpc) is 2.36. The highest BCUT2D eigenvalue weighted by molar-refractivity contribution is 9.10. The number of aryl methyl sites for hydroxylation is 1. The number of benzene rings is 1. The van der Waals surface area contributed by atoms with E-state index in [-0.39, 0.29) is 12.1 Å². The normalized spacial score (nSPS) is 23.2. The summed E-state index contributed by atoms with van der Waals surface area (Å²) in [5.41, 5.74) is 2.67. The number of hydrogen-bond donors (Lipinski definition) is 2. The van der Waals surface area contributed by atoms with E-state index in [9.17, 15) is 5.11 Å². The molecular weight excluding hydrogens is 290 g/mol. The van der Waals surface area contributed by atoms with E-state index in [2.05, 4.69) is 53.3 Å². The summed E-state index contributed by atoms with van der Waals surface area (Å²) in [6.07, 6.45) is 2.99. The van der Waals surface area contributed by atoms with Gasteiger partial charge in [-0.1, -0.05) is 35.8 Å². The van der Waals surface area contributed by atoms with E-state index >= 15 is 0 Å². The van der Waals surface area contributed by atoms with Crippen molar-refractivity contribution in [1.82, 2.24) is 5.32 Å². The Morgan fingerprint density at radius 1 is 1.39 bits per heavy atom. The Labute approximate surface area is 118 Å². The van der Waals surface area contributed by atoms with Crippen molar-refractivity contribution in [3.05, 3.63) is 33.8 Å². The summed E-state index contributed by atoms with van der Waals surface area (Å²) < 4.78 is 1.15. The van der Waals surface area contributed by atoms with Crippen molar-refractivity contribution >= 4 is 15.9 Å². The Morgan fingerprint density at radius 3 is 2.83 bits per heavy atom. The van der Waals surface area contributed by atoms with Crippen LogP contribution in [0, 0.1) is 5.92 Å². The van der Waals surface area contributed by atoms with Gasteiger partial charge in [-0.15, -0.1) is 0 Å². The summed E-state index contributed by atoms with van der Waals surface area (Å²) in [5.74, 6) is 0.611. The standard InChI is InChI=1S/C15H22BrNO/c1-11(2)9-17-15(10-18)6-5-12-7-14(16)4-3-13(12)8-15/h3-4,7,11,17-18H,5-6,8-10H2,1-2H3. The van der Waals surface area contributed by atoms with Crippen LogP contribution in [0.2, 0.25) is 0 Å². The van der Waals surface area contributed by atoms with Crippen LogP contribution in [-0.4, -0.2) is 23.8 Å². The van der Waals surface area contributed by atoms with Crippen molar-refractivity contribution in [2.75, 3.05) is 13.2 Å². The van der Waals surface area contributed by atoms with Gasteiger partial charge in [0.25, 0.3) is 0 Å². The molecule has 1 aromatic rings. The maximum atomic E-state index is 9.76. The fraction of sp³-hybridized carbons (Fsp3) is 0.600. The molecule has 1 atom stereocenters. The third kappa shape index (κ3) is 3.14. The van der Waals surface area contributed by atoms with Gasteiger partial charge in [-0.2, -0.15) is 0 Å². The number of aliphatic hydroxyl groups is 1. The van der Waals surface area contributed by atoms with Crippen LogP contribution in [0.3, 0.4) is 0 Å². The van der Waals surface area contributed by atoms with Crippen LogP contribution in [0.25, 0.3) is 0 Å². The predicted molar refractivity (Wildman–Crippen MR) is 78.8 cm³/mol. The van der Waals surface area contributed by atoms with Crippen molar-refractivity contribution < 1.29 is 5.11 Å². The fourth-order valence-corrected chi connectivity index (χ4v) is 3.00. The van der Waals surface area contributed by atoms with Gasteiger partial charge in [0.05, 0.1) is 6.61 Å². The molecule has 2 nitrogen and oxygen atoms in total.